The molecule has 0 saturated heterocycles. The summed E-state index contributed by atoms with van der Waals surface area (Å²) >= 11 is 0. The second kappa shape index (κ2) is 66.3. The zero-order chi connectivity index (χ0) is 63.4. The van der Waals surface area contributed by atoms with Gasteiger partial charge in [-0.05, 0) is 103 Å². The molecule has 0 radical (unpaired) electrons. The number of phosphoric acid groups is 1. The summed E-state index contributed by atoms with van der Waals surface area (Å²) in [4.78, 5) is 35.8. The Labute approximate surface area is 535 Å². The Morgan fingerprint density at radius 2 is 0.655 bits per heavy atom. The standard InChI is InChI=1S/C77H130NO8P/c1-6-8-10-12-14-16-18-20-22-24-26-28-30-31-32-33-34-35-36-37-38-39-40-41-42-43-44-45-46-47-48-50-52-54-56-58-60-62-64-66-68-70-77(80)86-75(74-85-87(81,82)84-72-71-78(3,4)5)73-83-76(79)69-67-65-63-61-59-57-55-53-51-49-29-27-25-23-21-19-17-15-13-11-9-7-2/h8,10,14,16,20,22,26,28,31-32,34-35,37-38,40-41,43-44,46-47,50,52,56,58,75H,6-7,9,11-13,15,17-19,21,23-25,27,29-30,33,36,39,42,45,48-49,51,53-55,57,59-74H2,1-5H3/p+1/b10-8-,16-14-,22-20-,28-26-,32-31-,35-34-,38-37-,41-40-,44-43-,47-46-,52-50-,58-56-. The maximum atomic E-state index is 12.9. The van der Waals surface area contributed by atoms with Gasteiger partial charge in [-0.2, -0.15) is 0 Å². The molecule has 0 fully saturated rings. The van der Waals surface area contributed by atoms with Crippen molar-refractivity contribution in [2.24, 2.45) is 0 Å². The molecule has 2 atom stereocenters. The van der Waals surface area contributed by atoms with E-state index in [-0.39, 0.29) is 32.0 Å². The van der Waals surface area contributed by atoms with E-state index in [1.165, 1.54) is 122 Å². The van der Waals surface area contributed by atoms with E-state index in [1.807, 2.05) is 21.1 Å². The number of ether oxygens (including phenoxy) is 2. The molecule has 496 valence electrons. The van der Waals surface area contributed by atoms with Gasteiger partial charge in [-0.1, -0.05) is 307 Å². The highest BCUT2D eigenvalue weighted by Crippen LogP contribution is 2.43. The molecular formula is C77H131NO8P+. The van der Waals surface area contributed by atoms with Crippen molar-refractivity contribution < 1.29 is 42.1 Å². The number of hydrogen-bond acceptors (Lipinski definition) is 7. The molecule has 0 bridgehead atoms. The van der Waals surface area contributed by atoms with Crippen LogP contribution >= 0.6 is 7.82 Å². The highest BCUT2D eigenvalue weighted by Gasteiger charge is 2.27. The van der Waals surface area contributed by atoms with Gasteiger partial charge in [0.1, 0.15) is 19.8 Å². The van der Waals surface area contributed by atoms with E-state index in [1.54, 1.807) is 0 Å². The van der Waals surface area contributed by atoms with E-state index in [9.17, 15) is 19.0 Å². The van der Waals surface area contributed by atoms with Gasteiger partial charge in [0.2, 0.25) is 0 Å². The first-order valence-corrected chi connectivity index (χ1v) is 36.6. The molecule has 2 unspecified atom stereocenters. The van der Waals surface area contributed by atoms with Gasteiger partial charge in [-0.15, -0.1) is 0 Å². The summed E-state index contributed by atoms with van der Waals surface area (Å²) < 4.78 is 34.7. The van der Waals surface area contributed by atoms with Gasteiger partial charge in [-0.3, -0.25) is 18.6 Å². The normalized spacial score (nSPS) is 14.0. The fourth-order valence-electron chi connectivity index (χ4n) is 9.29. The average molecular weight is 1230 g/mol. The molecule has 9 nitrogen and oxygen atoms in total. The number of unbranched alkanes of at least 4 members (excludes halogenated alkanes) is 25. The van der Waals surface area contributed by atoms with Gasteiger partial charge < -0.3 is 18.9 Å². The first-order chi connectivity index (χ1) is 42.5. The number of carbonyl (C=O) groups excluding carboxylic acids is 2. The van der Waals surface area contributed by atoms with Crippen molar-refractivity contribution in [3.05, 3.63) is 146 Å². The summed E-state index contributed by atoms with van der Waals surface area (Å²) in [5.41, 5.74) is 0. The monoisotopic (exact) mass is 1230 g/mol. The topological polar surface area (TPSA) is 108 Å². The quantitative estimate of drug-likeness (QED) is 0.0211. The minimum atomic E-state index is -4.41. The summed E-state index contributed by atoms with van der Waals surface area (Å²) in [5, 5.41) is 0. The lowest BCUT2D eigenvalue weighted by Gasteiger charge is -2.24. The summed E-state index contributed by atoms with van der Waals surface area (Å²) in [7, 11) is 1.45. The SMILES string of the molecule is CC/C=C\C/C=C\C/C=C\C/C=C\C/C=C\C/C=C\C/C=C\C/C=C\C/C=C\C/C=C\C/C=C\C/C=C\CCCCCCC(=O)OC(COC(=O)CCCCCCCCCCCCCCCCCCCCCCCC)COP(=O)(O)OCC[N+](C)(C)C. The molecule has 0 rings (SSSR count). The predicted molar refractivity (Wildman–Crippen MR) is 376 cm³/mol. The van der Waals surface area contributed by atoms with Gasteiger partial charge in [0.15, 0.2) is 6.10 Å². The van der Waals surface area contributed by atoms with E-state index in [0.29, 0.717) is 17.4 Å². The van der Waals surface area contributed by atoms with Crippen LogP contribution in [0.4, 0.5) is 0 Å². The molecule has 0 amide bonds. The lowest BCUT2D eigenvalue weighted by Crippen LogP contribution is -2.37. The molecular weight excluding hydrogens is 1100 g/mol. The lowest BCUT2D eigenvalue weighted by atomic mass is 10.0. The second-order valence-corrected chi connectivity index (χ2v) is 25.6. The molecule has 87 heavy (non-hydrogen) atoms. The Balaban J connectivity index is 4.16. The number of esters is 2. The number of phosphoric ester groups is 1. The largest absolute Gasteiger partial charge is 0.472 e. The molecule has 0 aliphatic rings. The van der Waals surface area contributed by atoms with E-state index in [0.717, 1.165) is 122 Å². The van der Waals surface area contributed by atoms with Crippen LogP contribution in [0.2, 0.25) is 0 Å². The summed E-state index contributed by atoms with van der Waals surface area (Å²) in [5.74, 6) is -0.826. The van der Waals surface area contributed by atoms with Crippen LogP contribution in [0.5, 0.6) is 0 Å². The molecule has 0 aliphatic heterocycles. The summed E-state index contributed by atoms with van der Waals surface area (Å²) in [6, 6.07) is 0. The van der Waals surface area contributed by atoms with Crippen LogP contribution in [-0.4, -0.2) is 74.9 Å². The average Bonchev–Trinajstić information content (AvgIpc) is 3.50. The Morgan fingerprint density at radius 1 is 0.368 bits per heavy atom. The zero-order valence-electron chi connectivity index (χ0n) is 56.5. The van der Waals surface area contributed by atoms with Crippen LogP contribution in [0.15, 0.2) is 146 Å². The third kappa shape index (κ3) is 70.8. The zero-order valence-corrected chi connectivity index (χ0v) is 57.3. The number of hydrogen-bond donors (Lipinski definition) is 1. The van der Waals surface area contributed by atoms with Gasteiger partial charge in [0.25, 0.3) is 0 Å². The molecule has 10 heteroatoms. The molecule has 0 saturated carbocycles. The molecule has 0 aromatic carbocycles. The first-order valence-electron chi connectivity index (χ1n) is 35.1. The van der Waals surface area contributed by atoms with Crippen LogP contribution in [0.25, 0.3) is 0 Å². The number of nitrogens with zero attached hydrogens (tertiary/aromatic N) is 1. The van der Waals surface area contributed by atoms with Crippen molar-refractivity contribution in [1.29, 1.82) is 0 Å². The van der Waals surface area contributed by atoms with Crippen LogP contribution in [-0.2, 0) is 32.7 Å². The number of allylic oxidation sites excluding steroid dienone is 24. The molecule has 0 aromatic heterocycles. The van der Waals surface area contributed by atoms with Crippen molar-refractivity contribution in [1.82, 2.24) is 0 Å². The maximum absolute atomic E-state index is 12.9. The third-order valence-corrected chi connectivity index (χ3v) is 15.6. The Bertz CT molecular complexity index is 1980. The van der Waals surface area contributed by atoms with Gasteiger partial charge in [0, 0.05) is 12.8 Å². The van der Waals surface area contributed by atoms with Crippen molar-refractivity contribution in [2.45, 2.75) is 283 Å². The van der Waals surface area contributed by atoms with Crippen LogP contribution < -0.4 is 0 Å². The number of carbonyl (C=O) groups is 2. The van der Waals surface area contributed by atoms with E-state index >= 15 is 0 Å². The van der Waals surface area contributed by atoms with Crippen LogP contribution in [0.3, 0.4) is 0 Å². The minimum Gasteiger partial charge on any atom is -0.462 e. The van der Waals surface area contributed by atoms with Crippen molar-refractivity contribution in [3.8, 4) is 0 Å². The summed E-state index contributed by atoms with van der Waals surface area (Å²) in [6.45, 7) is 4.30. The van der Waals surface area contributed by atoms with Crippen LogP contribution in [0, 0.1) is 0 Å². The van der Waals surface area contributed by atoms with Crippen molar-refractivity contribution >= 4 is 19.8 Å². The molecule has 1 N–H and O–H groups in total. The molecule has 0 heterocycles. The number of rotatable bonds is 63. The maximum Gasteiger partial charge on any atom is 0.472 e. The minimum absolute atomic E-state index is 0.0207. The molecule has 0 aromatic rings. The van der Waals surface area contributed by atoms with E-state index in [2.05, 4.69) is 160 Å². The predicted octanol–water partition coefficient (Wildman–Crippen LogP) is 23.0. The fourth-order valence-corrected chi connectivity index (χ4v) is 10.0. The Morgan fingerprint density at radius 3 is 0.977 bits per heavy atom. The third-order valence-electron chi connectivity index (χ3n) is 14.6. The number of likely N-dealkylation sites (N-methyl/N-ethyl adjacent to an activating group) is 1. The van der Waals surface area contributed by atoms with Crippen LogP contribution in [0.1, 0.15) is 277 Å². The van der Waals surface area contributed by atoms with Gasteiger partial charge >= 0.3 is 19.8 Å². The van der Waals surface area contributed by atoms with Crippen molar-refractivity contribution in [2.75, 3.05) is 47.5 Å². The molecule has 0 aliphatic carbocycles. The summed E-state index contributed by atoms with van der Waals surface area (Å²) in [6.07, 6.45) is 98.1. The van der Waals surface area contributed by atoms with Crippen molar-refractivity contribution in [3.63, 3.8) is 0 Å². The first kappa shape index (κ1) is 82.9. The lowest BCUT2D eigenvalue weighted by molar-refractivity contribution is -0.870. The van der Waals surface area contributed by atoms with E-state index in [4.69, 9.17) is 18.5 Å². The Kier molecular flexibility index (Phi) is 63.2. The smallest absolute Gasteiger partial charge is 0.462 e. The fraction of sp³-hybridized carbons (Fsp3) is 0.662. The number of quaternary nitrogens is 1. The van der Waals surface area contributed by atoms with Gasteiger partial charge in [0.05, 0.1) is 27.7 Å². The highest BCUT2D eigenvalue weighted by atomic mass is 31.2. The second-order valence-electron chi connectivity index (χ2n) is 24.2. The highest BCUT2D eigenvalue weighted by molar-refractivity contribution is 7.47. The Hall–Kier alpha value is -4.11. The van der Waals surface area contributed by atoms with E-state index < -0.39 is 26.5 Å². The van der Waals surface area contributed by atoms with Gasteiger partial charge in [-0.25, -0.2) is 4.57 Å². The molecule has 0 spiro atoms.